The molecule has 1 rings (SSSR count). The predicted octanol–water partition coefficient (Wildman–Crippen LogP) is 3.64. The van der Waals surface area contributed by atoms with Crippen molar-refractivity contribution >= 4 is 11.6 Å². The van der Waals surface area contributed by atoms with Crippen LogP contribution in [0.1, 0.15) is 18.4 Å². The summed E-state index contributed by atoms with van der Waals surface area (Å²) < 4.78 is 0. The summed E-state index contributed by atoms with van der Waals surface area (Å²) in [4.78, 5) is 0. The van der Waals surface area contributed by atoms with Gasteiger partial charge >= 0.3 is 0 Å². The predicted molar refractivity (Wildman–Crippen MR) is 51.4 cm³/mol. The molecule has 0 N–H and O–H groups in total. The molecular formula is C10H13Cl. The topological polar surface area (TPSA) is 0 Å². The SMILES string of the molecule is [CH2]C(C)c1ccccc1.[CH2]Cl. The fraction of sp³-hybridized carbons (Fsp3) is 0.200. The summed E-state index contributed by atoms with van der Waals surface area (Å²) in [6.45, 7) is 6.00. The second kappa shape index (κ2) is 6.23. The van der Waals surface area contributed by atoms with Crippen LogP contribution in [0.4, 0.5) is 0 Å². The van der Waals surface area contributed by atoms with E-state index >= 15 is 0 Å². The van der Waals surface area contributed by atoms with E-state index in [1.165, 1.54) is 5.56 Å². The Hall–Kier alpha value is -0.490. The molecule has 0 aliphatic heterocycles. The Kier molecular flexibility index (Phi) is 5.96. The Morgan fingerprint density at radius 1 is 1.18 bits per heavy atom. The third-order valence-electron chi connectivity index (χ3n) is 1.37. The highest BCUT2D eigenvalue weighted by molar-refractivity contribution is 6.19. The van der Waals surface area contributed by atoms with E-state index in [9.17, 15) is 0 Å². The largest absolute Gasteiger partial charge is 0.125 e. The molecule has 1 aromatic carbocycles. The second-order valence-electron chi connectivity index (χ2n) is 2.31. The van der Waals surface area contributed by atoms with Gasteiger partial charge in [-0.25, -0.2) is 0 Å². The van der Waals surface area contributed by atoms with Crippen LogP contribution in [-0.2, 0) is 0 Å². The molecule has 1 heteroatoms. The monoisotopic (exact) mass is 168 g/mol. The van der Waals surface area contributed by atoms with Crippen molar-refractivity contribution < 1.29 is 0 Å². The zero-order valence-corrected chi connectivity index (χ0v) is 7.51. The molecule has 0 aromatic heterocycles. The van der Waals surface area contributed by atoms with Crippen LogP contribution in [0.25, 0.3) is 0 Å². The molecule has 0 spiro atoms. The maximum Gasteiger partial charge on any atom is 0.0359 e. The summed E-state index contributed by atoms with van der Waals surface area (Å²) in [5, 5.41) is 0. The third-order valence-corrected chi connectivity index (χ3v) is 1.37. The molecule has 0 saturated heterocycles. The summed E-state index contributed by atoms with van der Waals surface area (Å²) in [6.07, 6.45) is 2.72. The highest BCUT2D eigenvalue weighted by Crippen LogP contribution is 2.11. The van der Waals surface area contributed by atoms with Gasteiger partial charge in [-0.05, 0) is 18.4 Å². The number of rotatable bonds is 1. The minimum atomic E-state index is 0.409. The molecule has 60 valence electrons. The first-order chi connectivity index (χ1) is 5.30. The van der Waals surface area contributed by atoms with Crippen molar-refractivity contribution in [3.63, 3.8) is 0 Å². The van der Waals surface area contributed by atoms with E-state index in [0.717, 1.165) is 0 Å². The Balaban J connectivity index is 0.000000461. The van der Waals surface area contributed by atoms with Gasteiger partial charge in [0.25, 0.3) is 0 Å². The van der Waals surface area contributed by atoms with Crippen LogP contribution in [0.3, 0.4) is 0 Å². The maximum absolute atomic E-state index is 4.39. The molecule has 1 aromatic rings. The molecule has 1 atom stereocenters. The first kappa shape index (κ1) is 10.5. The first-order valence-electron chi connectivity index (χ1n) is 3.45. The minimum Gasteiger partial charge on any atom is -0.125 e. The Bertz CT molecular complexity index is 167. The molecule has 0 saturated carbocycles. The maximum atomic E-state index is 4.39. The van der Waals surface area contributed by atoms with E-state index in [1.807, 2.05) is 18.2 Å². The van der Waals surface area contributed by atoms with E-state index in [2.05, 4.69) is 44.0 Å². The molecule has 0 aliphatic rings. The van der Waals surface area contributed by atoms with Crippen LogP contribution in [0.5, 0.6) is 0 Å². The molecule has 11 heavy (non-hydrogen) atoms. The second-order valence-corrected chi connectivity index (χ2v) is 2.31. The molecule has 0 nitrogen and oxygen atoms in total. The van der Waals surface area contributed by atoms with Crippen molar-refractivity contribution in [2.45, 2.75) is 12.8 Å². The van der Waals surface area contributed by atoms with Gasteiger partial charge in [0.2, 0.25) is 0 Å². The number of benzene rings is 1. The van der Waals surface area contributed by atoms with Crippen molar-refractivity contribution in [3.8, 4) is 0 Å². The zero-order valence-electron chi connectivity index (χ0n) is 6.76. The molecule has 0 aliphatic carbocycles. The molecular weight excluding hydrogens is 156 g/mol. The third kappa shape index (κ3) is 4.05. The Morgan fingerprint density at radius 2 is 1.64 bits per heavy atom. The van der Waals surface area contributed by atoms with Crippen molar-refractivity contribution in [2.75, 3.05) is 0 Å². The van der Waals surface area contributed by atoms with Crippen LogP contribution < -0.4 is 0 Å². The lowest BCUT2D eigenvalue weighted by Gasteiger charge is -2.01. The lowest BCUT2D eigenvalue weighted by atomic mass is 10.0. The van der Waals surface area contributed by atoms with Gasteiger partial charge in [0.05, 0.1) is 0 Å². The lowest BCUT2D eigenvalue weighted by Crippen LogP contribution is -1.83. The zero-order chi connectivity index (χ0) is 8.69. The molecule has 2 radical (unpaired) electrons. The summed E-state index contributed by atoms with van der Waals surface area (Å²) in [5.74, 6) is 0.409. The smallest absolute Gasteiger partial charge is 0.0359 e. The van der Waals surface area contributed by atoms with Gasteiger partial charge in [0.1, 0.15) is 0 Å². The highest BCUT2D eigenvalue weighted by atomic mass is 35.5. The van der Waals surface area contributed by atoms with E-state index in [-0.39, 0.29) is 0 Å². The molecule has 1 unspecified atom stereocenters. The van der Waals surface area contributed by atoms with Crippen molar-refractivity contribution in [1.82, 2.24) is 0 Å². The minimum absolute atomic E-state index is 0.409. The molecule has 0 heterocycles. The average molecular weight is 169 g/mol. The van der Waals surface area contributed by atoms with Crippen molar-refractivity contribution in [3.05, 3.63) is 49.2 Å². The van der Waals surface area contributed by atoms with Crippen LogP contribution in [0.2, 0.25) is 0 Å². The van der Waals surface area contributed by atoms with Gasteiger partial charge in [0.15, 0.2) is 0 Å². The fourth-order valence-electron chi connectivity index (χ4n) is 0.782. The molecule has 0 bridgehead atoms. The Morgan fingerprint density at radius 3 is 1.91 bits per heavy atom. The van der Waals surface area contributed by atoms with E-state index in [4.69, 9.17) is 0 Å². The van der Waals surface area contributed by atoms with Crippen LogP contribution in [-0.4, -0.2) is 0 Å². The standard InChI is InChI=1S/C9H11.CH2Cl/c1-8(2)9-6-4-3-5-7-9;1-2/h3-8H,1H2,2H3;1H2. The first-order valence-corrected chi connectivity index (χ1v) is 3.99. The quantitative estimate of drug-likeness (QED) is 0.601. The van der Waals surface area contributed by atoms with Gasteiger partial charge in [0, 0.05) is 6.38 Å². The van der Waals surface area contributed by atoms with E-state index < -0.39 is 0 Å². The number of hydrogen-bond acceptors (Lipinski definition) is 0. The average Bonchev–Trinajstić information content (AvgIpc) is 2.10. The van der Waals surface area contributed by atoms with Gasteiger partial charge in [-0.1, -0.05) is 37.3 Å². The summed E-state index contributed by atoms with van der Waals surface area (Å²) in [5.41, 5.74) is 1.30. The van der Waals surface area contributed by atoms with Crippen LogP contribution >= 0.6 is 11.6 Å². The normalized spacial score (nSPS) is 8.82. The van der Waals surface area contributed by atoms with E-state index in [0.29, 0.717) is 5.92 Å². The van der Waals surface area contributed by atoms with E-state index in [1.54, 1.807) is 0 Å². The van der Waals surface area contributed by atoms with Gasteiger partial charge in [-0.15, -0.1) is 11.6 Å². The Labute approximate surface area is 74.2 Å². The van der Waals surface area contributed by atoms with Crippen LogP contribution in [0.15, 0.2) is 30.3 Å². The summed E-state index contributed by atoms with van der Waals surface area (Å²) in [6, 6.07) is 10.3. The van der Waals surface area contributed by atoms with Gasteiger partial charge in [-0.2, -0.15) is 0 Å². The number of hydrogen-bond donors (Lipinski definition) is 0. The lowest BCUT2D eigenvalue weighted by molar-refractivity contribution is 0.964. The fourth-order valence-corrected chi connectivity index (χ4v) is 0.782. The van der Waals surface area contributed by atoms with Crippen LogP contribution in [0, 0.1) is 13.3 Å². The molecule has 0 fully saturated rings. The van der Waals surface area contributed by atoms with Gasteiger partial charge in [-0.3, -0.25) is 0 Å². The summed E-state index contributed by atoms with van der Waals surface area (Å²) >= 11 is 4.39. The highest BCUT2D eigenvalue weighted by Gasteiger charge is 1.93. The molecule has 0 amide bonds. The number of halogens is 1. The van der Waals surface area contributed by atoms with Crippen molar-refractivity contribution in [2.24, 2.45) is 0 Å². The summed E-state index contributed by atoms with van der Waals surface area (Å²) in [7, 11) is 0. The van der Waals surface area contributed by atoms with Gasteiger partial charge < -0.3 is 0 Å². The van der Waals surface area contributed by atoms with Crippen molar-refractivity contribution in [1.29, 1.82) is 0 Å².